The molecule has 0 spiro atoms. The van der Waals surface area contributed by atoms with Crippen molar-refractivity contribution in [3.63, 3.8) is 0 Å². The zero-order valence-electron chi connectivity index (χ0n) is 12.4. The topological polar surface area (TPSA) is 70.1 Å². The van der Waals surface area contributed by atoms with Gasteiger partial charge in [-0.1, -0.05) is 6.92 Å². The molecule has 5 nitrogen and oxygen atoms in total. The minimum Gasteiger partial charge on any atom is -0.484 e. The van der Waals surface area contributed by atoms with Crippen molar-refractivity contribution in [1.29, 1.82) is 0 Å². The van der Waals surface area contributed by atoms with E-state index in [9.17, 15) is 18.0 Å². The van der Waals surface area contributed by atoms with Gasteiger partial charge in [0.2, 0.25) is 0 Å². The molecule has 0 unspecified atom stereocenters. The summed E-state index contributed by atoms with van der Waals surface area (Å²) in [5, 5.41) is 0. The molecule has 2 rings (SSSR count). The molecule has 8 heteroatoms. The summed E-state index contributed by atoms with van der Waals surface area (Å²) >= 11 is 0. The fourth-order valence-corrected chi connectivity index (χ4v) is 2.07. The molecule has 0 aliphatic carbocycles. The lowest BCUT2D eigenvalue weighted by molar-refractivity contribution is -0.153. The van der Waals surface area contributed by atoms with E-state index in [1.165, 1.54) is 34.9 Å². The van der Waals surface area contributed by atoms with Crippen molar-refractivity contribution >= 4 is 5.82 Å². The second-order valence-electron chi connectivity index (χ2n) is 4.92. The molecule has 0 amide bonds. The fraction of sp³-hybridized carbons (Fsp3) is 0.333. The van der Waals surface area contributed by atoms with Gasteiger partial charge in [-0.25, -0.2) is 4.98 Å². The third kappa shape index (κ3) is 4.48. The van der Waals surface area contributed by atoms with Gasteiger partial charge in [0.25, 0.3) is 5.56 Å². The molecule has 2 N–H and O–H groups in total. The molecule has 1 heterocycles. The average molecular weight is 327 g/mol. The van der Waals surface area contributed by atoms with E-state index < -0.39 is 12.8 Å². The highest BCUT2D eigenvalue weighted by atomic mass is 19.4. The van der Waals surface area contributed by atoms with Crippen molar-refractivity contribution < 1.29 is 17.9 Å². The first-order valence-electron chi connectivity index (χ1n) is 6.98. The summed E-state index contributed by atoms with van der Waals surface area (Å²) in [6.45, 7) is 0.574. The third-order valence-electron chi connectivity index (χ3n) is 2.98. The molecular formula is C15H16F3N3O2. The van der Waals surface area contributed by atoms with Crippen LogP contribution in [-0.4, -0.2) is 22.3 Å². The van der Waals surface area contributed by atoms with E-state index in [-0.39, 0.29) is 17.1 Å². The number of hydrogen-bond acceptors (Lipinski definition) is 4. The largest absolute Gasteiger partial charge is 0.484 e. The predicted octanol–water partition coefficient (Wildman–Crippen LogP) is 2.71. The number of nitrogens with zero attached hydrogens (tertiary/aromatic N) is 2. The number of nitrogen functional groups attached to an aromatic ring is 1. The minimum atomic E-state index is -4.40. The normalized spacial score (nSPS) is 11.5. The van der Waals surface area contributed by atoms with Crippen molar-refractivity contribution in [2.45, 2.75) is 25.9 Å². The molecule has 0 fully saturated rings. The lowest BCUT2D eigenvalue weighted by Crippen LogP contribution is -2.24. The van der Waals surface area contributed by atoms with Crippen LogP contribution in [0, 0.1) is 0 Å². The third-order valence-corrected chi connectivity index (χ3v) is 2.98. The predicted molar refractivity (Wildman–Crippen MR) is 79.8 cm³/mol. The minimum absolute atomic E-state index is 0.0690. The summed E-state index contributed by atoms with van der Waals surface area (Å²) in [6, 6.07) is 6.96. The molecule has 1 aromatic carbocycles. The molecule has 0 aliphatic rings. The Morgan fingerprint density at radius 3 is 2.48 bits per heavy atom. The maximum atomic E-state index is 12.1. The van der Waals surface area contributed by atoms with Crippen molar-refractivity contribution in [2.24, 2.45) is 0 Å². The van der Waals surface area contributed by atoms with Crippen LogP contribution in [0.2, 0.25) is 0 Å². The van der Waals surface area contributed by atoms with Crippen LogP contribution in [0.3, 0.4) is 0 Å². The van der Waals surface area contributed by atoms with Gasteiger partial charge in [-0.05, 0) is 30.7 Å². The van der Waals surface area contributed by atoms with Gasteiger partial charge in [0, 0.05) is 12.5 Å². The number of ether oxygens (including phenoxy) is 1. The van der Waals surface area contributed by atoms with Gasteiger partial charge in [0.15, 0.2) is 6.61 Å². The monoisotopic (exact) mass is 327 g/mol. The molecule has 0 aliphatic heterocycles. The van der Waals surface area contributed by atoms with Gasteiger partial charge >= 0.3 is 6.18 Å². The molecule has 0 atom stereocenters. The summed E-state index contributed by atoms with van der Waals surface area (Å²) in [6.07, 6.45) is -3.08. The number of alkyl halides is 3. The van der Waals surface area contributed by atoms with Gasteiger partial charge in [-0.2, -0.15) is 13.2 Å². The molecule has 23 heavy (non-hydrogen) atoms. The van der Waals surface area contributed by atoms with Crippen LogP contribution in [0.1, 0.15) is 19.2 Å². The van der Waals surface area contributed by atoms with Crippen LogP contribution in [0.15, 0.2) is 35.1 Å². The van der Waals surface area contributed by atoms with Crippen molar-refractivity contribution in [1.82, 2.24) is 9.55 Å². The Bertz CT molecular complexity index is 724. The van der Waals surface area contributed by atoms with Crippen molar-refractivity contribution in [2.75, 3.05) is 12.3 Å². The number of nitrogens with two attached hydrogens (primary N) is 1. The van der Waals surface area contributed by atoms with E-state index in [0.29, 0.717) is 17.9 Å². The molecule has 1 aromatic heterocycles. The Morgan fingerprint density at radius 1 is 1.26 bits per heavy atom. The number of benzene rings is 1. The molecule has 0 bridgehead atoms. The van der Waals surface area contributed by atoms with Crippen LogP contribution in [0.25, 0.3) is 5.69 Å². The average Bonchev–Trinajstić information content (AvgIpc) is 2.45. The second kappa shape index (κ2) is 6.72. The quantitative estimate of drug-likeness (QED) is 0.917. The van der Waals surface area contributed by atoms with Crippen LogP contribution >= 0.6 is 0 Å². The molecule has 2 aromatic rings. The standard InChI is InChI=1S/C15H16F3N3O2/c1-2-3-13-20-12(19)8-14(22)21(13)10-4-6-11(7-5-10)23-9-15(16,17)18/h4-8H,2-3,9,19H2,1H3. The first-order valence-corrected chi connectivity index (χ1v) is 6.98. The van der Waals surface area contributed by atoms with Crippen molar-refractivity contribution in [3.05, 3.63) is 46.5 Å². The van der Waals surface area contributed by atoms with Gasteiger partial charge in [0.05, 0.1) is 5.69 Å². The van der Waals surface area contributed by atoms with Gasteiger partial charge in [0.1, 0.15) is 17.4 Å². The summed E-state index contributed by atoms with van der Waals surface area (Å²) in [5.74, 6) is 0.709. The summed E-state index contributed by atoms with van der Waals surface area (Å²) in [5.41, 5.74) is 5.74. The highest BCUT2D eigenvalue weighted by Crippen LogP contribution is 2.20. The Labute approximate surface area is 130 Å². The maximum absolute atomic E-state index is 12.1. The molecular weight excluding hydrogens is 311 g/mol. The van der Waals surface area contributed by atoms with E-state index in [1.54, 1.807) is 0 Å². The number of aryl methyl sites for hydroxylation is 1. The number of halogens is 3. The van der Waals surface area contributed by atoms with Crippen LogP contribution in [-0.2, 0) is 6.42 Å². The highest BCUT2D eigenvalue weighted by molar-refractivity contribution is 5.40. The van der Waals surface area contributed by atoms with Gasteiger partial charge in [-0.15, -0.1) is 0 Å². The Hall–Kier alpha value is -2.51. The van der Waals surface area contributed by atoms with Crippen LogP contribution in [0.5, 0.6) is 5.75 Å². The van der Waals surface area contributed by atoms with E-state index in [2.05, 4.69) is 9.72 Å². The molecule has 124 valence electrons. The van der Waals surface area contributed by atoms with Crippen LogP contribution < -0.4 is 16.0 Å². The van der Waals surface area contributed by atoms with Gasteiger partial charge in [-0.3, -0.25) is 9.36 Å². The van der Waals surface area contributed by atoms with E-state index in [0.717, 1.165) is 6.42 Å². The van der Waals surface area contributed by atoms with Gasteiger partial charge < -0.3 is 10.5 Å². The molecule has 0 saturated heterocycles. The van der Waals surface area contributed by atoms with E-state index >= 15 is 0 Å². The number of hydrogen-bond donors (Lipinski definition) is 1. The first-order chi connectivity index (χ1) is 10.8. The number of anilines is 1. The highest BCUT2D eigenvalue weighted by Gasteiger charge is 2.28. The van der Waals surface area contributed by atoms with Crippen LogP contribution in [0.4, 0.5) is 19.0 Å². The Balaban J connectivity index is 2.31. The number of rotatable bonds is 5. The van der Waals surface area contributed by atoms with Crippen molar-refractivity contribution in [3.8, 4) is 11.4 Å². The second-order valence-corrected chi connectivity index (χ2v) is 4.92. The zero-order chi connectivity index (χ0) is 17.0. The Morgan fingerprint density at radius 2 is 1.91 bits per heavy atom. The Kier molecular flexibility index (Phi) is 4.92. The SMILES string of the molecule is CCCc1nc(N)cc(=O)n1-c1ccc(OCC(F)(F)F)cc1. The molecule has 0 saturated carbocycles. The summed E-state index contributed by atoms with van der Waals surface area (Å²) in [7, 11) is 0. The fourth-order valence-electron chi connectivity index (χ4n) is 2.07. The summed E-state index contributed by atoms with van der Waals surface area (Å²) in [4.78, 5) is 16.3. The first kappa shape index (κ1) is 16.9. The lowest BCUT2D eigenvalue weighted by Gasteiger charge is -2.13. The lowest BCUT2D eigenvalue weighted by atomic mass is 10.2. The number of aromatic nitrogens is 2. The van der Waals surface area contributed by atoms with E-state index in [4.69, 9.17) is 5.73 Å². The van der Waals surface area contributed by atoms with E-state index in [1.807, 2.05) is 6.92 Å². The molecule has 0 radical (unpaired) electrons. The summed E-state index contributed by atoms with van der Waals surface area (Å²) < 4.78 is 42.4. The smallest absolute Gasteiger partial charge is 0.422 e. The maximum Gasteiger partial charge on any atom is 0.422 e. The zero-order valence-corrected chi connectivity index (χ0v) is 12.4.